The quantitative estimate of drug-likeness (QED) is 0.578. The highest BCUT2D eigenvalue weighted by Crippen LogP contribution is 2.38. The van der Waals surface area contributed by atoms with Crippen LogP contribution in [-0.2, 0) is 19.6 Å². The van der Waals surface area contributed by atoms with Crippen molar-refractivity contribution in [3.8, 4) is 17.2 Å². The first-order valence-electron chi connectivity index (χ1n) is 11.4. The van der Waals surface area contributed by atoms with Gasteiger partial charge in [0.2, 0.25) is 15.9 Å². The van der Waals surface area contributed by atoms with E-state index < -0.39 is 22.0 Å². The van der Waals surface area contributed by atoms with Gasteiger partial charge in [0, 0.05) is 25.2 Å². The van der Waals surface area contributed by atoms with E-state index >= 15 is 0 Å². The highest BCUT2D eigenvalue weighted by Gasteiger charge is 2.36. The molecule has 0 aromatic heterocycles. The lowest BCUT2D eigenvalue weighted by Gasteiger charge is -2.32. The maximum absolute atomic E-state index is 13.6. The van der Waals surface area contributed by atoms with Gasteiger partial charge in [0.15, 0.2) is 6.10 Å². The maximum atomic E-state index is 13.6. The molecule has 1 saturated heterocycles. The van der Waals surface area contributed by atoms with E-state index in [-0.39, 0.29) is 29.8 Å². The zero-order chi connectivity index (χ0) is 26.2. The molecule has 4 rings (SSSR count). The number of carbonyl (C=O) groups excluding carboxylic acids is 2. The van der Waals surface area contributed by atoms with Crippen LogP contribution in [0.25, 0.3) is 0 Å². The molecule has 0 spiro atoms. The van der Waals surface area contributed by atoms with Crippen LogP contribution < -0.4 is 24.8 Å². The number of amides is 2. The molecular formula is C24H28ClN3O7S. The fraction of sp³-hybridized carbons (Fsp3) is 0.417. The van der Waals surface area contributed by atoms with Gasteiger partial charge in [-0.3, -0.25) is 9.59 Å². The zero-order valence-electron chi connectivity index (χ0n) is 20.4. The van der Waals surface area contributed by atoms with Crippen molar-refractivity contribution < 1.29 is 32.2 Å². The first-order valence-corrected chi connectivity index (χ1v) is 13.2. The summed E-state index contributed by atoms with van der Waals surface area (Å²) in [6.45, 7) is 3.55. The van der Waals surface area contributed by atoms with Crippen molar-refractivity contribution in [2.45, 2.75) is 37.7 Å². The van der Waals surface area contributed by atoms with Crippen LogP contribution >= 0.6 is 11.6 Å². The number of nitrogens with zero attached hydrogens (tertiary/aromatic N) is 1. The van der Waals surface area contributed by atoms with E-state index in [1.807, 2.05) is 0 Å². The summed E-state index contributed by atoms with van der Waals surface area (Å²) in [5, 5.41) is 5.84. The second-order valence-corrected chi connectivity index (χ2v) is 11.1. The van der Waals surface area contributed by atoms with Gasteiger partial charge in [-0.2, -0.15) is 4.31 Å². The van der Waals surface area contributed by atoms with Crippen molar-refractivity contribution in [3.63, 3.8) is 0 Å². The third-order valence-electron chi connectivity index (χ3n) is 6.31. The Morgan fingerprint density at radius 1 is 1.19 bits per heavy atom. The standard InChI is InChI=1S/C24H28ClN3O7S/c1-13-8-17-21(35-14(2)23(29)26-17)11-22(13)36(31,32)28-7-5-6-15(12-28)24(30)27-18-9-16(25)19(33-3)10-20(18)34-4/h8-11,14-15H,5-7,12H2,1-4H3,(H,26,29)(H,27,30)/t14-,15-/m0/s1. The van der Waals surface area contributed by atoms with E-state index in [0.717, 1.165) is 0 Å². The van der Waals surface area contributed by atoms with Crippen LogP contribution in [0.15, 0.2) is 29.2 Å². The van der Waals surface area contributed by atoms with Gasteiger partial charge in [0.1, 0.15) is 17.2 Å². The van der Waals surface area contributed by atoms with Crippen LogP contribution in [-0.4, -0.2) is 58.0 Å². The number of hydrogen-bond acceptors (Lipinski definition) is 7. The summed E-state index contributed by atoms with van der Waals surface area (Å²) in [5.41, 5.74) is 1.26. The number of carbonyl (C=O) groups is 2. The fourth-order valence-electron chi connectivity index (χ4n) is 4.33. The molecule has 2 amide bonds. The topological polar surface area (TPSA) is 123 Å². The predicted octanol–water partition coefficient (Wildman–Crippen LogP) is 3.42. The predicted molar refractivity (Wildman–Crippen MR) is 135 cm³/mol. The van der Waals surface area contributed by atoms with Crippen LogP contribution in [0.4, 0.5) is 11.4 Å². The molecular weight excluding hydrogens is 510 g/mol. The molecule has 0 bridgehead atoms. The molecule has 2 aromatic rings. The summed E-state index contributed by atoms with van der Waals surface area (Å²) >= 11 is 6.21. The molecule has 2 heterocycles. The number of benzene rings is 2. The molecule has 0 unspecified atom stereocenters. The number of aryl methyl sites for hydroxylation is 1. The average molecular weight is 538 g/mol. The van der Waals surface area contributed by atoms with Gasteiger partial charge in [-0.05, 0) is 44.4 Å². The number of piperidine rings is 1. The van der Waals surface area contributed by atoms with Crippen molar-refractivity contribution in [1.29, 1.82) is 0 Å². The minimum absolute atomic E-state index is 0.0187. The monoisotopic (exact) mass is 537 g/mol. The largest absolute Gasteiger partial charge is 0.495 e. The lowest BCUT2D eigenvalue weighted by atomic mass is 9.98. The summed E-state index contributed by atoms with van der Waals surface area (Å²) < 4.78 is 44.6. The molecule has 0 radical (unpaired) electrons. The molecule has 1 fully saturated rings. The van der Waals surface area contributed by atoms with Gasteiger partial charge < -0.3 is 24.8 Å². The SMILES string of the molecule is COc1cc(OC)c(NC(=O)[C@H]2CCCN(S(=O)(=O)c3cc4c(cc3C)NC(=O)[C@H](C)O4)C2)cc1Cl. The van der Waals surface area contributed by atoms with Crippen molar-refractivity contribution >= 4 is 44.8 Å². The average Bonchev–Trinajstić information content (AvgIpc) is 2.85. The molecule has 2 atom stereocenters. The Balaban J connectivity index is 1.55. The zero-order valence-corrected chi connectivity index (χ0v) is 22.0. The molecule has 0 saturated carbocycles. The Hall–Kier alpha value is -3.02. The van der Waals surface area contributed by atoms with Gasteiger partial charge in [0.25, 0.3) is 5.91 Å². The number of ether oxygens (including phenoxy) is 3. The van der Waals surface area contributed by atoms with Gasteiger partial charge in [-0.25, -0.2) is 8.42 Å². The molecule has 10 nitrogen and oxygen atoms in total. The second kappa shape index (κ2) is 10.2. The Bertz CT molecular complexity index is 1320. The number of sulfonamides is 1. The number of anilines is 2. The maximum Gasteiger partial charge on any atom is 0.265 e. The van der Waals surface area contributed by atoms with Crippen molar-refractivity contribution in [1.82, 2.24) is 4.31 Å². The van der Waals surface area contributed by atoms with Crippen LogP contribution in [0.3, 0.4) is 0 Å². The molecule has 2 N–H and O–H groups in total. The Morgan fingerprint density at radius 2 is 1.92 bits per heavy atom. The summed E-state index contributed by atoms with van der Waals surface area (Å²) in [6, 6.07) is 6.12. The smallest absolute Gasteiger partial charge is 0.265 e. The highest BCUT2D eigenvalue weighted by molar-refractivity contribution is 7.89. The highest BCUT2D eigenvalue weighted by atomic mass is 35.5. The molecule has 194 valence electrons. The number of rotatable bonds is 6. The fourth-order valence-corrected chi connectivity index (χ4v) is 6.31. The van der Waals surface area contributed by atoms with E-state index in [9.17, 15) is 18.0 Å². The Morgan fingerprint density at radius 3 is 2.61 bits per heavy atom. The minimum atomic E-state index is -3.93. The van der Waals surface area contributed by atoms with Gasteiger partial charge >= 0.3 is 0 Å². The van der Waals surface area contributed by atoms with Crippen LogP contribution in [0.1, 0.15) is 25.3 Å². The molecule has 2 aromatic carbocycles. The minimum Gasteiger partial charge on any atom is -0.495 e. The normalized spacial score (nSPS) is 20.1. The number of halogens is 1. The van der Waals surface area contributed by atoms with E-state index in [4.69, 9.17) is 25.8 Å². The third kappa shape index (κ3) is 4.95. The summed E-state index contributed by atoms with van der Waals surface area (Å²) in [5.74, 6) is -0.141. The van der Waals surface area contributed by atoms with Crippen LogP contribution in [0.2, 0.25) is 5.02 Å². The Kier molecular flexibility index (Phi) is 7.35. The molecule has 12 heteroatoms. The first kappa shape index (κ1) is 26.1. The molecule has 2 aliphatic heterocycles. The summed E-state index contributed by atoms with van der Waals surface area (Å²) in [7, 11) is -0.989. The van der Waals surface area contributed by atoms with Crippen molar-refractivity contribution in [2.24, 2.45) is 5.92 Å². The lowest BCUT2D eigenvalue weighted by Crippen LogP contribution is -2.44. The van der Waals surface area contributed by atoms with Gasteiger partial charge in [0.05, 0.1) is 41.4 Å². The van der Waals surface area contributed by atoms with Crippen LogP contribution in [0.5, 0.6) is 17.2 Å². The van der Waals surface area contributed by atoms with Gasteiger partial charge in [-0.1, -0.05) is 11.6 Å². The van der Waals surface area contributed by atoms with Crippen molar-refractivity contribution in [2.75, 3.05) is 37.9 Å². The summed E-state index contributed by atoms with van der Waals surface area (Å²) in [4.78, 5) is 25.1. The number of hydrogen-bond donors (Lipinski definition) is 2. The first-order chi connectivity index (χ1) is 17.0. The lowest BCUT2D eigenvalue weighted by molar-refractivity contribution is -0.123. The second-order valence-electron chi connectivity index (χ2n) is 8.74. The number of nitrogens with one attached hydrogen (secondary N) is 2. The summed E-state index contributed by atoms with van der Waals surface area (Å²) in [6.07, 6.45) is 0.313. The molecule has 0 aliphatic carbocycles. The van der Waals surface area contributed by atoms with Crippen LogP contribution in [0, 0.1) is 12.8 Å². The van der Waals surface area contributed by atoms with Crippen molar-refractivity contribution in [3.05, 3.63) is 34.9 Å². The molecule has 36 heavy (non-hydrogen) atoms. The third-order valence-corrected chi connectivity index (χ3v) is 8.62. The van der Waals surface area contributed by atoms with E-state index in [1.54, 1.807) is 26.0 Å². The van der Waals surface area contributed by atoms with E-state index in [1.165, 1.54) is 30.7 Å². The molecule has 2 aliphatic rings. The number of methoxy groups -OCH3 is 2. The van der Waals surface area contributed by atoms with E-state index in [2.05, 4.69) is 10.6 Å². The number of fused-ring (bicyclic) bond motifs is 1. The van der Waals surface area contributed by atoms with Gasteiger partial charge in [-0.15, -0.1) is 0 Å². The Labute approximate surface area is 214 Å². The van der Waals surface area contributed by atoms with E-state index in [0.29, 0.717) is 52.1 Å².